The Morgan fingerprint density at radius 2 is 1.97 bits per heavy atom. The first-order chi connectivity index (χ1) is 14.9. The van der Waals surface area contributed by atoms with Crippen LogP contribution in [0.15, 0.2) is 71.0 Å². The number of halogens is 1. The Morgan fingerprint density at radius 1 is 1.26 bits per heavy atom. The van der Waals surface area contributed by atoms with Crippen LogP contribution in [-0.2, 0) is 10.5 Å². The van der Waals surface area contributed by atoms with Crippen molar-refractivity contribution in [3.05, 3.63) is 82.5 Å². The van der Waals surface area contributed by atoms with E-state index in [1.165, 1.54) is 13.3 Å². The third-order valence-corrected chi connectivity index (χ3v) is 4.90. The van der Waals surface area contributed by atoms with Crippen molar-refractivity contribution in [1.29, 1.82) is 0 Å². The fourth-order valence-electron chi connectivity index (χ4n) is 3.04. The van der Waals surface area contributed by atoms with E-state index in [0.29, 0.717) is 39.6 Å². The van der Waals surface area contributed by atoms with Gasteiger partial charge in [0.25, 0.3) is 5.91 Å². The van der Waals surface area contributed by atoms with Crippen molar-refractivity contribution in [2.45, 2.75) is 5.66 Å². The molecule has 6 N–H and O–H groups in total. The number of methoxy groups -OCH3 is 1. The van der Waals surface area contributed by atoms with Gasteiger partial charge >= 0.3 is 0 Å². The zero-order chi connectivity index (χ0) is 22.4. The van der Waals surface area contributed by atoms with Gasteiger partial charge in [-0.3, -0.25) is 9.59 Å². The molecule has 0 radical (unpaired) electrons. The minimum atomic E-state index is -1.16. The number of benzene rings is 2. The topological polar surface area (TPSA) is 138 Å². The van der Waals surface area contributed by atoms with E-state index in [1.807, 2.05) is 0 Å². The van der Waals surface area contributed by atoms with Gasteiger partial charge in [-0.2, -0.15) is 0 Å². The van der Waals surface area contributed by atoms with Gasteiger partial charge in [-0.1, -0.05) is 28.9 Å². The molecule has 0 bridgehead atoms. The van der Waals surface area contributed by atoms with Crippen molar-refractivity contribution in [3.8, 4) is 5.75 Å². The number of ether oxygens (including phenoxy) is 1. The number of nitrogens with one attached hydrogen (secondary N) is 3. The lowest BCUT2D eigenvalue weighted by Gasteiger charge is -2.35. The summed E-state index contributed by atoms with van der Waals surface area (Å²) in [6.07, 6.45) is 5.38. The summed E-state index contributed by atoms with van der Waals surface area (Å²) in [6, 6.07) is 11.3. The molecule has 1 aliphatic heterocycles. The number of carbonyl (C=O) groups is 2. The molecule has 160 valence electrons. The maximum Gasteiger partial charge on any atom is 0.255 e. The first-order valence-corrected chi connectivity index (χ1v) is 9.42. The lowest BCUT2D eigenvalue weighted by molar-refractivity contribution is -0.111. The molecule has 0 spiro atoms. The normalized spacial score (nSPS) is 17.9. The Kier molecular flexibility index (Phi) is 6.46. The summed E-state index contributed by atoms with van der Waals surface area (Å²) in [4.78, 5) is 24.2. The SMILES string of the molecule is COc1ccc(NC(=O)c2ccc(C(N)=NO)cc2)c(C2(NC=O)C=CC(Cl)=CN2)c1. The van der Waals surface area contributed by atoms with Crippen molar-refractivity contribution < 1.29 is 19.5 Å². The molecule has 9 nitrogen and oxygen atoms in total. The third kappa shape index (κ3) is 4.62. The summed E-state index contributed by atoms with van der Waals surface area (Å²) >= 11 is 6.01. The van der Waals surface area contributed by atoms with E-state index in [-0.39, 0.29) is 5.84 Å². The van der Waals surface area contributed by atoms with Crippen molar-refractivity contribution in [1.82, 2.24) is 10.6 Å². The maximum absolute atomic E-state index is 12.9. The third-order valence-electron chi connectivity index (χ3n) is 4.67. The van der Waals surface area contributed by atoms with E-state index in [9.17, 15) is 9.59 Å². The fourth-order valence-corrected chi connectivity index (χ4v) is 3.16. The molecule has 0 saturated heterocycles. The molecular weight excluding hydrogens is 422 g/mol. The number of hydrogen-bond acceptors (Lipinski definition) is 6. The minimum Gasteiger partial charge on any atom is -0.497 e. The Labute approximate surface area is 183 Å². The van der Waals surface area contributed by atoms with E-state index in [0.717, 1.165) is 0 Å². The number of oxime groups is 1. The molecule has 0 aromatic heterocycles. The summed E-state index contributed by atoms with van der Waals surface area (Å²) in [6.45, 7) is 0. The van der Waals surface area contributed by atoms with Crippen LogP contribution in [0.3, 0.4) is 0 Å². The minimum absolute atomic E-state index is 0.0619. The Morgan fingerprint density at radius 3 is 2.55 bits per heavy atom. The Balaban J connectivity index is 1.97. The van der Waals surface area contributed by atoms with Crippen LogP contribution < -0.4 is 26.4 Å². The van der Waals surface area contributed by atoms with E-state index >= 15 is 0 Å². The highest BCUT2D eigenvalue weighted by molar-refractivity contribution is 6.31. The highest BCUT2D eigenvalue weighted by Gasteiger charge is 2.33. The maximum atomic E-state index is 12.9. The molecule has 2 aromatic carbocycles. The number of dihydropyridines is 1. The van der Waals surface area contributed by atoms with Gasteiger partial charge in [0, 0.05) is 28.6 Å². The lowest BCUT2D eigenvalue weighted by Crippen LogP contribution is -2.51. The molecular formula is C21H20ClN5O4. The summed E-state index contributed by atoms with van der Waals surface area (Å²) in [5, 5.41) is 20.8. The average molecular weight is 442 g/mol. The largest absolute Gasteiger partial charge is 0.497 e. The number of amidine groups is 1. The summed E-state index contributed by atoms with van der Waals surface area (Å²) in [5.74, 6) is 0.0688. The zero-order valence-corrected chi connectivity index (χ0v) is 17.2. The van der Waals surface area contributed by atoms with Crippen LogP contribution in [0.25, 0.3) is 0 Å². The van der Waals surface area contributed by atoms with Crippen LogP contribution in [0.5, 0.6) is 5.75 Å². The smallest absolute Gasteiger partial charge is 0.255 e. The number of allylic oxidation sites excluding steroid dienone is 2. The number of carbonyl (C=O) groups excluding carboxylic acids is 2. The lowest BCUT2D eigenvalue weighted by atomic mass is 9.94. The van der Waals surface area contributed by atoms with E-state index in [1.54, 1.807) is 54.6 Å². The Bertz CT molecular complexity index is 1080. The molecule has 2 amide bonds. The van der Waals surface area contributed by atoms with Gasteiger partial charge in [0.05, 0.1) is 12.1 Å². The van der Waals surface area contributed by atoms with Crippen molar-refractivity contribution in [2.75, 3.05) is 12.4 Å². The molecule has 0 aliphatic carbocycles. The van der Waals surface area contributed by atoms with E-state index in [4.69, 9.17) is 27.3 Å². The number of amides is 2. The van der Waals surface area contributed by atoms with Crippen LogP contribution in [0.1, 0.15) is 21.5 Å². The van der Waals surface area contributed by atoms with Gasteiger partial charge in [-0.25, -0.2) is 0 Å². The number of rotatable bonds is 7. The monoisotopic (exact) mass is 441 g/mol. The second-order valence-electron chi connectivity index (χ2n) is 6.51. The number of anilines is 1. The zero-order valence-electron chi connectivity index (χ0n) is 16.4. The predicted molar refractivity (Wildman–Crippen MR) is 117 cm³/mol. The first-order valence-electron chi connectivity index (χ1n) is 9.04. The molecule has 0 fully saturated rings. The molecule has 0 saturated carbocycles. The van der Waals surface area contributed by atoms with Gasteiger partial charge in [0.2, 0.25) is 6.41 Å². The second kappa shape index (κ2) is 9.23. The standard InChI is InChI=1S/C21H20ClN5O4/c1-31-16-6-7-18(17(10-16)21(25-12-28)9-8-15(22)11-24-21)26-20(29)14-4-2-13(3-5-14)19(23)27-30/h2-12,24,30H,1H3,(H2,23,27)(H,25,28)(H,26,29). The molecule has 2 aromatic rings. The fraction of sp³-hybridized carbons (Fsp3) is 0.0952. The molecule has 1 heterocycles. The number of hydrogen-bond donors (Lipinski definition) is 5. The van der Waals surface area contributed by atoms with E-state index < -0.39 is 11.6 Å². The molecule has 1 atom stereocenters. The van der Waals surface area contributed by atoms with Crippen LogP contribution in [0.2, 0.25) is 0 Å². The van der Waals surface area contributed by atoms with Gasteiger partial charge in [0.15, 0.2) is 11.5 Å². The van der Waals surface area contributed by atoms with Gasteiger partial charge in [-0.05, 0) is 42.5 Å². The van der Waals surface area contributed by atoms with Crippen LogP contribution >= 0.6 is 11.6 Å². The van der Waals surface area contributed by atoms with Crippen LogP contribution in [-0.4, -0.2) is 30.5 Å². The van der Waals surface area contributed by atoms with Gasteiger partial charge in [-0.15, -0.1) is 0 Å². The van der Waals surface area contributed by atoms with Crippen LogP contribution in [0.4, 0.5) is 5.69 Å². The number of nitrogens with two attached hydrogens (primary N) is 1. The Hall–Kier alpha value is -3.98. The molecule has 10 heteroatoms. The highest BCUT2D eigenvalue weighted by atomic mass is 35.5. The van der Waals surface area contributed by atoms with Gasteiger partial charge < -0.3 is 31.6 Å². The first kappa shape index (κ1) is 21.7. The second-order valence-corrected chi connectivity index (χ2v) is 6.94. The quantitative estimate of drug-likeness (QED) is 0.147. The summed E-state index contributed by atoms with van der Waals surface area (Å²) in [7, 11) is 1.51. The summed E-state index contributed by atoms with van der Waals surface area (Å²) in [5.41, 5.74) is 6.17. The predicted octanol–water partition coefficient (Wildman–Crippen LogP) is 2.18. The van der Waals surface area contributed by atoms with Crippen LogP contribution in [0, 0.1) is 0 Å². The molecule has 1 aliphatic rings. The molecule has 3 rings (SSSR count). The van der Waals surface area contributed by atoms with Crippen molar-refractivity contribution in [3.63, 3.8) is 0 Å². The average Bonchev–Trinajstić information content (AvgIpc) is 2.80. The molecule has 31 heavy (non-hydrogen) atoms. The van der Waals surface area contributed by atoms with E-state index in [2.05, 4.69) is 21.1 Å². The highest BCUT2D eigenvalue weighted by Crippen LogP contribution is 2.33. The molecule has 1 unspecified atom stereocenters. The van der Waals surface area contributed by atoms with Crippen molar-refractivity contribution in [2.24, 2.45) is 10.9 Å². The summed E-state index contributed by atoms with van der Waals surface area (Å²) < 4.78 is 5.32. The number of nitrogens with zero attached hydrogens (tertiary/aromatic N) is 1. The van der Waals surface area contributed by atoms with Gasteiger partial charge in [0.1, 0.15) is 5.75 Å². The van der Waals surface area contributed by atoms with Crippen molar-refractivity contribution >= 4 is 35.4 Å².